The molecule has 0 heterocycles. The van der Waals surface area contributed by atoms with Gasteiger partial charge < -0.3 is 64.0 Å². The normalized spacial score (nSPS) is 16.2. The molecule has 20 nitrogen and oxygen atoms in total. The lowest BCUT2D eigenvalue weighted by molar-refractivity contribution is -0.143. The third-order valence-corrected chi connectivity index (χ3v) is 9.16. The van der Waals surface area contributed by atoms with E-state index in [1.807, 2.05) is 0 Å². The first-order valence-electron chi connectivity index (χ1n) is 18.3. The molecule has 0 radical (unpaired) electrons. The number of unbranched alkanes of at least 4 members (excludes halogenated alkanes) is 1. The Labute approximate surface area is 327 Å². The van der Waals surface area contributed by atoms with Crippen LogP contribution in [0.1, 0.15) is 74.1 Å². The molecule has 0 aromatic heterocycles. The van der Waals surface area contributed by atoms with E-state index < -0.39 is 127 Å². The van der Waals surface area contributed by atoms with Crippen LogP contribution in [-0.2, 0) is 38.4 Å². The lowest BCUT2D eigenvalue weighted by atomic mass is 9.96. The summed E-state index contributed by atoms with van der Waals surface area (Å²) in [6.45, 7) is 9.93. The third kappa shape index (κ3) is 17.5. The van der Waals surface area contributed by atoms with Crippen molar-refractivity contribution in [3.63, 3.8) is 0 Å². The van der Waals surface area contributed by atoms with Crippen LogP contribution in [0, 0.1) is 17.8 Å². The second-order valence-corrected chi connectivity index (χ2v) is 14.4. The lowest BCUT2D eigenvalue weighted by Crippen LogP contribution is -2.61. The number of thiol groups is 1. The number of aliphatic hydroxyl groups excluding tert-OH is 2. The van der Waals surface area contributed by atoms with Crippen molar-refractivity contribution in [1.82, 2.24) is 37.2 Å². The van der Waals surface area contributed by atoms with Crippen LogP contribution in [0.5, 0.6) is 0 Å². The molecule has 0 aliphatic carbocycles. The third-order valence-electron chi connectivity index (χ3n) is 8.77. The van der Waals surface area contributed by atoms with E-state index in [4.69, 9.17) is 16.6 Å². The van der Waals surface area contributed by atoms with E-state index in [-0.39, 0.29) is 12.2 Å². The number of nitrogens with one attached hydrogen (secondary N) is 7. The second kappa shape index (κ2) is 25.9. The van der Waals surface area contributed by atoms with Crippen molar-refractivity contribution in [3.8, 4) is 0 Å². The van der Waals surface area contributed by atoms with Gasteiger partial charge in [0.05, 0.1) is 19.3 Å². The average Bonchev–Trinajstić information content (AvgIpc) is 3.13. The Morgan fingerprint density at radius 2 is 1.02 bits per heavy atom. The Hall–Kier alpha value is -4.05. The smallest absolute Gasteiger partial charge is 0.328 e. The fourth-order valence-corrected chi connectivity index (χ4v) is 5.12. The van der Waals surface area contributed by atoms with Gasteiger partial charge in [0.25, 0.3) is 0 Å². The van der Waals surface area contributed by atoms with E-state index in [1.165, 1.54) is 6.92 Å². The van der Waals surface area contributed by atoms with E-state index in [0.717, 1.165) is 0 Å². The molecule has 14 N–H and O–H groups in total. The minimum Gasteiger partial charge on any atom is -0.480 e. The zero-order chi connectivity index (χ0) is 42.6. The predicted octanol–water partition coefficient (Wildman–Crippen LogP) is -3.79. The standard InChI is InChI=1S/C34H63N9O11S/c1-8-18(6)26(43-30(49)22(13-44)39-28(47)20(36)15-55)33(52)38-21(11-9-10-12-35)29(48)42-24(16(2)3)31(50)37-19(7)27(46)41-25(17(4)5)32(51)40-23(14-45)34(53)54/h16-26,44-45,55H,8-15,35-36H2,1-7H3,(H,37,50)(H,38,52)(H,39,47)(H,40,51)(H,41,46)(H,42,48)(H,43,49)(H,53,54)/t18-,19-,20-,21-,22-,23-,24-,25-,26-/m0/s1. The SMILES string of the molecule is CC[C@H](C)[C@H](NC(=O)[C@H](CO)NC(=O)[C@@H](N)CS)C(=O)N[C@@H](CCCCN)C(=O)N[C@H](C(=O)N[C@@H](C)C(=O)N[C@H](C(=O)N[C@@H](CO)C(=O)O)C(C)C)C(C)C. The topological polar surface area (TPSA) is 334 Å². The van der Waals surface area contributed by atoms with Crippen LogP contribution in [0.25, 0.3) is 0 Å². The first-order chi connectivity index (χ1) is 25.7. The molecule has 0 fully saturated rings. The van der Waals surface area contributed by atoms with E-state index in [2.05, 4.69) is 49.8 Å². The van der Waals surface area contributed by atoms with Crippen LogP contribution in [0.3, 0.4) is 0 Å². The summed E-state index contributed by atoms with van der Waals surface area (Å²) in [5, 5.41) is 45.5. The largest absolute Gasteiger partial charge is 0.480 e. The molecule has 0 aliphatic heterocycles. The highest BCUT2D eigenvalue weighted by Gasteiger charge is 2.35. The molecule has 0 aromatic rings. The van der Waals surface area contributed by atoms with Crippen molar-refractivity contribution in [1.29, 1.82) is 0 Å². The van der Waals surface area contributed by atoms with Crippen LogP contribution in [0.15, 0.2) is 0 Å². The highest BCUT2D eigenvalue weighted by atomic mass is 32.1. The highest BCUT2D eigenvalue weighted by Crippen LogP contribution is 2.12. The number of amides is 7. The fourth-order valence-electron chi connectivity index (χ4n) is 4.95. The van der Waals surface area contributed by atoms with Crippen LogP contribution in [0.4, 0.5) is 0 Å². The molecule has 9 atom stereocenters. The molecule has 21 heteroatoms. The number of aliphatic hydroxyl groups is 2. The maximum atomic E-state index is 13.7. The van der Waals surface area contributed by atoms with Crippen LogP contribution >= 0.6 is 12.6 Å². The quantitative estimate of drug-likeness (QED) is 0.0295. The van der Waals surface area contributed by atoms with Gasteiger partial charge in [0, 0.05) is 5.75 Å². The summed E-state index contributed by atoms with van der Waals surface area (Å²) < 4.78 is 0. The lowest BCUT2D eigenvalue weighted by Gasteiger charge is -2.30. The summed E-state index contributed by atoms with van der Waals surface area (Å²) in [7, 11) is 0. The van der Waals surface area contributed by atoms with Gasteiger partial charge in [0.1, 0.15) is 42.3 Å². The number of hydrogen-bond donors (Lipinski definition) is 13. The molecule has 0 bridgehead atoms. The van der Waals surface area contributed by atoms with Crippen molar-refractivity contribution in [2.45, 2.75) is 122 Å². The molecule has 316 valence electrons. The Balaban J connectivity index is 6.03. The van der Waals surface area contributed by atoms with Gasteiger partial charge in [-0.15, -0.1) is 0 Å². The average molecular weight is 806 g/mol. The molecule has 0 saturated carbocycles. The summed E-state index contributed by atoms with van der Waals surface area (Å²) >= 11 is 3.95. The highest BCUT2D eigenvalue weighted by molar-refractivity contribution is 7.80. The summed E-state index contributed by atoms with van der Waals surface area (Å²) in [4.78, 5) is 103. The van der Waals surface area contributed by atoms with Crippen molar-refractivity contribution in [2.24, 2.45) is 29.2 Å². The van der Waals surface area contributed by atoms with Gasteiger partial charge in [-0.3, -0.25) is 33.6 Å². The predicted molar refractivity (Wildman–Crippen MR) is 205 cm³/mol. The molecule has 0 aromatic carbocycles. The van der Waals surface area contributed by atoms with Gasteiger partial charge >= 0.3 is 5.97 Å². The van der Waals surface area contributed by atoms with Crippen molar-refractivity contribution >= 4 is 59.9 Å². The number of carboxylic acid groups (broad SMARTS) is 1. The van der Waals surface area contributed by atoms with Crippen LogP contribution < -0.4 is 48.7 Å². The number of hydrogen-bond acceptors (Lipinski definition) is 13. The van der Waals surface area contributed by atoms with Gasteiger partial charge in [-0.1, -0.05) is 48.0 Å². The summed E-state index contributed by atoms with van der Waals surface area (Å²) in [6, 6.07) is -10.1. The zero-order valence-electron chi connectivity index (χ0n) is 32.7. The molecule has 0 unspecified atom stereocenters. The summed E-state index contributed by atoms with van der Waals surface area (Å²) in [5.74, 6) is -8.47. The van der Waals surface area contributed by atoms with Crippen molar-refractivity contribution < 1.29 is 53.7 Å². The Kier molecular flexibility index (Phi) is 24.0. The number of carboxylic acids is 1. The van der Waals surface area contributed by atoms with Gasteiger partial charge in [0.2, 0.25) is 41.4 Å². The molecule has 0 aliphatic rings. The Morgan fingerprint density at radius 1 is 0.582 bits per heavy atom. The van der Waals surface area contributed by atoms with E-state index in [1.54, 1.807) is 41.5 Å². The maximum Gasteiger partial charge on any atom is 0.328 e. The Bertz CT molecular complexity index is 1310. The summed E-state index contributed by atoms with van der Waals surface area (Å²) in [5.41, 5.74) is 11.3. The number of carbonyl (C=O) groups is 8. The van der Waals surface area contributed by atoms with Gasteiger partial charge in [-0.05, 0) is 50.5 Å². The minimum atomic E-state index is -1.59. The molecule has 0 saturated heterocycles. The van der Waals surface area contributed by atoms with E-state index >= 15 is 0 Å². The van der Waals surface area contributed by atoms with Gasteiger partial charge in [-0.2, -0.15) is 12.6 Å². The van der Waals surface area contributed by atoms with Crippen LogP contribution in [-0.4, -0.2) is 136 Å². The number of aliphatic carboxylic acids is 1. The fraction of sp³-hybridized carbons (Fsp3) is 0.765. The van der Waals surface area contributed by atoms with Crippen molar-refractivity contribution in [3.05, 3.63) is 0 Å². The molecular weight excluding hydrogens is 742 g/mol. The van der Waals surface area contributed by atoms with Crippen molar-refractivity contribution in [2.75, 3.05) is 25.5 Å². The molecule has 55 heavy (non-hydrogen) atoms. The van der Waals surface area contributed by atoms with Gasteiger partial charge in [0.15, 0.2) is 0 Å². The monoisotopic (exact) mass is 805 g/mol. The first-order valence-corrected chi connectivity index (χ1v) is 19.0. The van der Waals surface area contributed by atoms with E-state index in [9.17, 15) is 48.6 Å². The summed E-state index contributed by atoms with van der Waals surface area (Å²) in [6.07, 6.45) is 1.43. The zero-order valence-corrected chi connectivity index (χ0v) is 33.6. The molecule has 0 rings (SSSR count). The van der Waals surface area contributed by atoms with Gasteiger partial charge in [-0.25, -0.2) is 4.79 Å². The Morgan fingerprint density at radius 3 is 1.47 bits per heavy atom. The molecule has 7 amide bonds. The number of rotatable bonds is 26. The second-order valence-electron chi connectivity index (χ2n) is 14.0. The number of nitrogens with two attached hydrogens (primary N) is 2. The number of carbonyl (C=O) groups excluding carboxylic acids is 7. The first kappa shape index (κ1) is 51.0. The van der Waals surface area contributed by atoms with Crippen LogP contribution in [0.2, 0.25) is 0 Å². The molecule has 0 spiro atoms. The van der Waals surface area contributed by atoms with E-state index in [0.29, 0.717) is 25.8 Å². The minimum absolute atomic E-state index is 0.0196. The molecular formula is C34H63N9O11S. The maximum absolute atomic E-state index is 13.7.